The molecule has 0 aliphatic rings. The maximum atomic E-state index is 10.5. The van der Waals surface area contributed by atoms with Crippen LogP contribution >= 0.6 is 10.7 Å². The first-order chi connectivity index (χ1) is 5.97. The van der Waals surface area contributed by atoms with Crippen LogP contribution in [0.25, 0.3) is 0 Å². The van der Waals surface area contributed by atoms with E-state index in [9.17, 15) is 8.42 Å². The van der Waals surface area contributed by atoms with Crippen molar-refractivity contribution in [2.45, 2.75) is 0 Å². The van der Waals surface area contributed by atoms with Crippen molar-refractivity contribution in [2.24, 2.45) is 0 Å². The van der Waals surface area contributed by atoms with E-state index in [1.54, 1.807) is 24.3 Å². The highest BCUT2D eigenvalue weighted by Gasteiger charge is 2.05. The molecule has 4 nitrogen and oxygen atoms in total. The summed E-state index contributed by atoms with van der Waals surface area (Å²) in [5, 5.41) is 0. The molecule has 1 aromatic carbocycles. The summed E-state index contributed by atoms with van der Waals surface area (Å²) in [6, 6.07) is 6.35. The van der Waals surface area contributed by atoms with E-state index in [1.807, 2.05) is 0 Å². The van der Waals surface area contributed by atoms with E-state index in [2.05, 4.69) is 0 Å². The van der Waals surface area contributed by atoms with Crippen molar-refractivity contribution in [3.8, 4) is 5.75 Å². The Hall–Kier alpha value is -0.940. The van der Waals surface area contributed by atoms with E-state index < -0.39 is 15.0 Å². The first-order valence-corrected chi connectivity index (χ1v) is 5.86. The number of rotatable bonds is 3. The van der Waals surface area contributed by atoms with Gasteiger partial charge in [0, 0.05) is 16.4 Å². The third-order valence-electron chi connectivity index (χ3n) is 1.25. The molecule has 0 atom stereocenters. The minimum absolute atomic E-state index is 0.415. The number of anilines is 1. The Morgan fingerprint density at radius 3 is 2.31 bits per heavy atom. The summed E-state index contributed by atoms with van der Waals surface area (Å²) in [7, 11) is 1.32. The van der Waals surface area contributed by atoms with Crippen molar-refractivity contribution >= 4 is 25.4 Å². The van der Waals surface area contributed by atoms with Crippen LogP contribution in [0.4, 0.5) is 5.69 Å². The van der Waals surface area contributed by atoms with Gasteiger partial charge in [-0.1, -0.05) is 0 Å². The molecule has 1 rings (SSSR count). The van der Waals surface area contributed by atoms with Crippen LogP contribution in [-0.4, -0.2) is 14.4 Å². The third kappa shape index (κ3) is 4.00. The van der Waals surface area contributed by atoms with Crippen LogP contribution in [-0.2, 0) is 9.05 Å². The number of nitrogens with two attached hydrogens (primary N) is 1. The van der Waals surface area contributed by atoms with Crippen molar-refractivity contribution in [2.75, 3.05) is 11.7 Å². The minimum atomic E-state index is -3.61. The van der Waals surface area contributed by atoms with Crippen LogP contribution in [0.15, 0.2) is 24.3 Å². The molecule has 0 fully saturated rings. The lowest BCUT2D eigenvalue weighted by Crippen LogP contribution is -2.05. The average Bonchev–Trinajstić information content (AvgIpc) is 2.02. The molecule has 72 valence electrons. The molecule has 13 heavy (non-hydrogen) atoms. The highest BCUT2D eigenvalue weighted by molar-refractivity contribution is 8.13. The topological polar surface area (TPSA) is 69.4 Å². The van der Waals surface area contributed by atoms with Gasteiger partial charge in [-0.3, -0.25) is 0 Å². The summed E-state index contributed by atoms with van der Waals surface area (Å²) >= 11 is 0. The second-order valence-electron chi connectivity index (χ2n) is 2.37. The molecule has 0 bridgehead atoms. The van der Waals surface area contributed by atoms with Crippen molar-refractivity contribution in [3.05, 3.63) is 24.3 Å². The predicted molar refractivity (Wildman–Crippen MR) is 51.1 cm³/mol. The van der Waals surface area contributed by atoms with Crippen molar-refractivity contribution in [1.29, 1.82) is 0 Å². The fourth-order valence-electron chi connectivity index (χ4n) is 0.702. The third-order valence-corrected chi connectivity index (χ3v) is 1.91. The maximum absolute atomic E-state index is 10.5. The lowest BCUT2D eigenvalue weighted by molar-refractivity contribution is 0.380. The molecule has 1 aromatic rings. The zero-order valence-electron chi connectivity index (χ0n) is 6.60. The summed E-state index contributed by atoms with van der Waals surface area (Å²) in [5.74, 6) is -0.128. The van der Waals surface area contributed by atoms with Crippen LogP contribution in [0.5, 0.6) is 5.75 Å². The molecule has 0 amide bonds. The molecule has 0 heterocycles. The quantitative estimate of drug-likeness (QED) is 0.615. The molecule has 0 aromatic heterocycles. The molecule has 0 spiro atoms. The van der Waals surface area contributed by atoms with Gasteiger partial charge in [0.1, 0.15) is 5.75 Å². The van der Waals surface area contributed by atoms with Gasteiger partial charge in [-0.2, -0.15) is 0 Å². The largest absolute Gasteiger partial charge is 0.476 e. The Morgan fingerprint density at radius 1 is 1.31 bits per heavy atom. The second-order valence-corrected chi connectivity index (χ2v) is 5.09. The Bertz CT molecular complexity index is 373. The lowest BCUT2D eigenvalue weighted by atomic mass is 10.3. The summed E-state index contributed by atoms with van der Waals surface area (Å²) in [6.45, 7) is 0. The van der Waals surface area contributed by atoms with E-state index in [0.29, 0.717) is 11.4 Å². The van der Waals surface area contributed by atoms with E-state index in [0.717, 1.165) is 0 Å². The van der Waals surface area contributed by atoms with Gasteiger partial charge in [0.2, 0.25) is 5.94 Å². The molecular weight excluding hydrogens is 214 g/mol. The molecular formula is C7H8ClNO3S. The summed E-state index contributed by atoms with van der Waals surface area (Å²) in [6.07, 6.45) is 0. The Labute approximate surface area is 80.7 Å². The van der Waals surface area contributed by atoms with Crippen LogP contribution < -0.4 is 10.5 Å². The summed E-state index contributed by atoms with van der Waals surface area (Å²) in [4.78, 5) is 0. The number of nitrogen functional groups attached to an aromatic ring is 1. The van der Waals surface area contributed by atoms with Gasteiger partial charge in [0.15, 0.2) is 0 Å². The van der Waals surface area contributed by atoms with E-state index in [1.165, 1.54) is 0 Å². The van der Waals surface area contributed by atoms with Crippen LogP contribution in [0.3, 0.4) is 0 Å². The number of hydrogen-bond acceptors (Lipinski definition) is 4. The van der Waals surface area contributed by atoms with E-state index in [4.69, 9.17) is 21.2 Å². The molecule has 0 saturated heterocycles. The summed E-state index contributed by atoms with van der Waals surface area (Å²) in [5.41, 5.74) is 5.99. The zero-order chi connectivity index (χ0) is 9.90. The molecule has 0 radical (unpaired) electrons. The highest BCUT2D eigenvalue weighted by atomic mass is 35.7. The van der Waals surface area contributed by atoms with Gasteiger partial charge >= 0.3 is 0 Å². The molecule has 0 aliphatic carbocycles. The highest BCUT2D eigenvalue weighted by Crippen LogP contribution is 2.14. The van der Waals surface area contributed by atoms with E-state index in [-0.39, 0.29) is 0 Å². The predicted octanol–water partition coefficient (Wildman–Crippen LogP) is 1.17. The maximum Gasteiger partial charge on any atom is 0.267 e. The first-order valence-electron chi connectivity index (χ1n) is 3.38. The van der Waals surface area contributed by atoms with Gasteiger partial charge in [-0.15, -0.1) is 0 Å². The molecule has 0 aliphatic heterocycles. The monoisotopic (exact) mass is 221 g/mol. The smallest absolute Gasteiger partial charge is 0.267 e. The van der Waals surface area contributed by atoms with Crippen LogP contribution in [0.1, 0.15) is 0 Å². The van der Waals surface area contributed by atoms with Crippen molar-refractivity contribution in [1.82, 2.24) is 0 Å². The van der Waals surface area contributed by atoms with Crippen molar-refractivity contribution in [3.63, 3.8) is 0 Å². The number of benzene rings is 1. The van der Waals surface area contributed by atoms with Gasteiger partial charge in [-0.05, 0) is 24.3 Å². The molecule has 0 saturated carbocycles. The number of ether oxygens (including phenoxy) is 1. The zero-order valence-corrected chi connectivity index (χ0v) is 8.18. The van der Waals surface area contributed by atoms with Gasteiger partial charge in [0.05, 0.1) is 0 Å². The number of hydrogen-bond donors (Lipinski definition) is 1. The molecule has 2 N–H and O–H groups in total. The van der Waals surface area contributed by atoms with Crippen molar-refractivity contribution < 1.29 is 13.2 Å². The van der Waals surface area contributed by atoms with Crippen LogP contribution in [0, 0.1) is 0 Å². The first kappa shape index (κ1) is 10.1. The molecule has 0 unspecified atom stereocenters. The molecule has 6 heteroatoms. The average molecular weight is 222 g/mol. The minimum Gasteiger partial charge on any atom is -0.476 e. The number of halogens is 1. The Kier molecular flexibility index (Phi) is 3.00. The normalized spacial score (nSPS) is 11.2. The Balaban J connectivity index is 2.61. The SMILES string of the molecule is Nc1ccc(OCS(=O)(=O)Cl)cc1. The van der Waals surface area contributed by atoms with Crippen LogP contribution in [0.2, 0.25) is 0 Å². The fourth-order valence-corrected chi connectivity index (χ4v) is 1.11. The fraction of sp³-hybridized carbons (Fsp3) is 0.143. The van der Waals surface area contributed by atoms with Gasteiger partial charge < -0.3 is 10.5 Å². The van der Waals surface area contributed by atoms with Gasteiger partial charge in [0.25, 0.3) is 9.05 Å². The standard InChI is InChI=1S/C7H8ClNO3S/c8-13(10,11)5-12-7-3-1-6(9)2-4-7/h1-4H,5,9H2. The lowest BCUT2D eigenvalue weighted by Gasteiger charge is -2.02. The Morgan fingerprint density at radius 2 is 1.85 bits per heavy atom. The second kappa shape index (κ2) is 3.85. The van der Waals surface area contributed by atoms with Gasteiger partial charge in [-0.25, -0.2) is 8.42 Å². The summed E-state index contributed by atoms with van der Waals surface area (Å²) < 4.78 is 25.8. The van der Waals surface area contributed by atoms with E-state index >= 15 is 0 Å².